The minimum atomic E-state index is 0.971. The molecule has 0 atom stereocenters. The van der Waals surface area contributed by atoms with E-state index in [-0.39, 0.29) is 0 Å². The van der Waals surface area contributed by atoms with E-state index in [2.05, 4.69) is 47.9 Å². The highest BCUT2D eigenvalue weighted by Crippen LogP contribution is 2.00. The average molecular weight is 248 g/mol. The maximum Gasteiger partial charge on any atom is 0.0206 e. The van der Waals surface area contributed by atoms with Crippen LogP contribution in [0, 0.1) is 0 Å². The molecule has 1 rings (SSSR count). The predicted molar refractivity (Wildman–Crippen MR) is 79.8 cm³/mol. The van der Waals surface area contributed by atoms with Gasteiger partial charge in [0.25, 0.3) is 0 Å². The highest BCUT2D eigenvalue weighted by Gasteiger charge is 1.91. The first kappa shape index (κ1) is 15.2. The summed E-state index contributed by atoms with van der Waals surface area (Å²) >= 11 is 0. The monoisotopic (exact) mass is 248 g/mol. The molecule has 0 aliphatic carbocycles. The van der Waals surface area contributed by atoms with Crippen LogP contribution < -0.4 is 10.6 Å². The summed E-state index contributed by atoms with van der Waals surface area (Å²) in [6.45, 7) is 6.51. The highest BCUT2D eigenvalue weighted by atomic mass is 14.9. The smallest absolute Gasteiger partial charge is 0.0206 e. The van der Waals surface area contributed by atoms with E-state index in [0.29, 0.717) is 0 Å². The number of nitrogens with one attached hydrogen (secondary N) is 2. The van der Waals surface area contributed by atoms with Gasteiger partial charge in [0, 0.05) is 19.6 Å². The molecule has 18 heavy (non-hydrogen) atoms. The van der Waals surface area contributed by atoms with Gasteiger partial charge in [-0.3, -0.25) is 0 Å². The average Bonchev–Trinajstić information content (AvgIpc) is 2.42. The van der Waals surface area contributed by atoms with Gasteiger partial charge in [0.15, 0.2) is 0 Å². The Morgan fingerprint density at radius 2 is 1.50 bits per heavy atom. The summed E-state index contributed by atoms with van der Waals surface area (Å²) < 4.78 is 0. The quantitative estimate of drug-likeness (QED) is 0.587. The molecule has 0 aromatic heterocycles. The number of benzene rings is 1. The zero-order chi connectivity index (χ0) is 12.9. The van der Waals surface area contributed by atoms with Gasteiger partial charge in [-0.25, -0.2) is 0 Å². The zero-order valence-corrected chi connectivity index (χ0v) is 11.8. The Labute approximate surface area is 112 Å². The maximum absolute atomic E-state index is 3.49. The lowest BCUT2D eigenvalue weighted by molar-refractivity contribution is 0.564. The molecule has 0 unspecified atom stereocenters. The van der Waals surface area contributed by atoms with Crippen molar-refractivity contribution in [1.29, 1.82) is 0 Å². The molecule has 0 spiro atoms. The molecule has 2 heteroatoms. The standard InChI is InChI=1S/C16H28N2/c1-2-3-4-5-9-12-17-13-14-18-15-16-10-7-6-8-11-16/h6-8,10-11,17-18H,2-5,9,12-15H2,1H3. The molecular formula is C16H28N2. The van der Waals surface area contributed by atoms with Crippen molar-refractivity contribution in [3.63, 3.8) is 0 Å². The van der Waals surface area contributed by atoms with E-state index in [4.69, 9.17) is 0 Å². The number of rotatable bonds is 11. The van der Waals surface area contributed by atoms with Crippen LogP contribution in [0.5, 0.6) is 0 Å². The van der Waals surface area contributed by atoms with E-state index in [9.17, 15) is 0 Å². The Bertz CT molecular complexity index is 272. The summed E-state index contributed by atoms with van der Waals surface area (Å²) in [5.41, 5.74) is 1.36. The third-order valence-electron chi connectivity index (χ3n) is 3.11. The Hall–Kier alpha value is -0.860. The van der Waals surface area contributed by atoms with Crippen LogP contribution in [-0.4, -0.2) is 19.6 Å². The van der Waals surface area contributed by atoms with Crippen LogP contribution in [-0.2, 0) is 6.54 Å². The molecule has 0 saturated heterocycles. The van der Waals surface area contributed by atoms with Crippen molar-refractivity contribution in [2.45, 2.75) is 45.6 Å². The van der Waals surface area contributed by atoms with Crippen LogP contribution in [0.15, 0.2) is 30.3 Å². The van der Waals surface area contributed by atoms with E-state index in [0.717, 1.165) is 26.2 Å². The first-order valence-corrected chi connectivity index (χ1v) is 7.39. The second kappa shape index (κ2) is 11.2. The lowest BCUT2D eigenvalue weighted by Crippen LogP contribution is -2.27. The van der Waals surface area contributed by atoms with Gasteiger partial charge in [-0.15, -0.1) is 0 Å². The topological polar surface area (TPSA) is 24.1 Å². The van der Waals surface area contributed by atoms with Crippen LogP contribution in [0.3, 0.4) is 0 Å². The predicted octanol–water partition coefficient (Wildman–Crippen LogP) is 3.34. The number of hydrogen-bond donors (Lipinski definition) is 2. The van der Waals surface area contributed by atoms with Crippen LogP contribution >= 0.6 is 0 Å². The number of hydrogen-bond acceptors (Lipinski definition) is 2. The molecule has 2 nitrogen and oxygen atoms in total. The van der Waals surface area contributed by atoms with E-state index < -0.39 is 0 Å². The summed E-state index contributed by atoms with van der Waals surface area (Å²) in [7, 11) is 0. The first-order valence-electron chi connectivity index (χ1n) is 7.39. The molecule has 1 aromatic carbocycles. The lowest BCUT2D eigenvalue weighted by atomic mass is 10.1. The van der Waals surface area contributed by atoms with E-state index >= 15 is 0 Å². The molecule has 0 bridgehead atoms. The summed E-state index contributed by atoms with van der Waals surface area (Å²) in [6.07, 6.45) is 6.80. The summed E-state index contributed by atoms with van der Waals surface area (Å²) in [5, 5.41) is 6.94. The largest absolute Gasteiger partial charge is 0.315 e. The number of unbranched alkanes of at least 4 members (excludes halogenated alkanes) is 4. The third-order valence-corrected chi connectivity index (χ3v) is 3.11. The molecule has 0 amide bonds. The SMILES string of the molecule is CCCCCCCNCCNCc1ccccc1. The van der Waals surface area contributed by atoms with Gasteiger partial charge >= 0.3 is 0 Å². The van der Waals surface area contributed by atoms with Crippen molar-refractivity contribution in [3.05, 3.63) is 35.9 Å². The zero-order valence-electron chi connectivity index (χ0n) is 11.8. The highest BCUT2D eigenvalue weighted by molar-refractivity contribution is 5.14. The van der Waals surface area contributed by atoms with Gasteiger partial charge in [0.2, 0.25) is 0 Å². The van der Waals surface area contributed by atoms with Crippen molar-refractivity contribution in [3.8, 4) is 0 Å². The molecule has 0 radical (unpaired) electrons. The first-order chi connectivity index (χ1) is 8.93. The van der Waals surface area contributed by atoms with Crippen LogP contribution in [0.2, 0.25) is 0 Å². The van der Waals surface area contributed by atoms with E-state index in [1.54, 1.807) is 0 Å². The Kier molecular flexibility index (Phi) is 9.49. The molecular weight excluding hydrogens is 220 g/mol. The van der Waals surface area contributed by atoms with Crippen molar-refractivity contribution in [1.82, 2.24) is 10.6 Å². The summed E-state index contributed by atoms with van der Waals surface area (Å²) in [4.78, 5) is 0. The summed E-state index contributed by atoms with van der Waals surface area (Å²) in [5.74, 6) is 0. The molecule has 1 aromatic rings. The van der Waals surface area contributed by atoms with Crippen molar-refractivity contribution < 1.29 is 0 Å². The van der Waals surface area contributed by atoms with E-state index in [1.165, 1.54) is 37.7 Å². The fourth-order valence-electron chi connectivity index (χ4n) is 1.98. The van der Waals surface area contributed by atoms with Crippen LogP contribution in [0.4, 0.5) is 0 Å². The normalized spacial score (nSPS) is 10.7. The fourth-order valence-corrected chi connectivity index (χ4v) is 1.98. The van der Waals surface area contributed by atoms with Crippen molar-refractivity contribution in [2.75, 3.05) is 19.6 Å². The molecule has 0 fully saturated rings. The van der Waals surface area contributed by atoms with Gasteiger partial charge in [-0.2, -0.15) is 0 Å². The molecule has 0 aliphatic heterocycles. The maximum atomic E-state index is 3.49. The van der Waals surface area contributed by atoms with E-state index in [1.807, 2.05) is 0 Å². The third kappa shape index (κ3) is 8.26. The Balaban J connectivity index is 1.82. The van der Waals surface area contributed by atoms with Gasteiger partial charge in [-0.05, 0) is 18.5 Å². The second-order valence-electron chi connectivity index (χ2n) is 4.83. The molecule has 2 N–H and O–H groups in total. The molecule has 0 aliphatic rings. The Morgan fingerprint density at radius 1 is 0.778 bits per heavy atom. The van der Waals surface area contributed by atoms with Gasteiger partial charge in [0.1, 0.15) is 0 Å². The minimum absolute atomic E-state index is 0.971. The summed E-state index contributed by atoms with van der Waals surface area (Å²) in [6, 6.07) is 10.6. The molecule has 0 saturated carbocycles. The second-order valence-corrected chi connectivity index (χ2v) is 4.83. The van der Waals surface area contributed by atoms with Gasteiger partial charge in [0.05, 0.1) is 0 Å². The van der Waals surface area contributed by atoms with Crippen LogP contribution in [0.1, 0.15) is 44.6 Å². The molecule has 0 heterocycles. The van der Waals surface area contributed by atoms with Crippen molar-refractivity contribution >= 4 is 0 Å². The van der Waals surface area contributed by atoms with Crippen LogP contribution in [0.25, 0.3) is 0 Å². The van der Waals surface area contributed by atoms with Crippen molar-refractivity contribution in [2.24, 2.45) is 0 Å². The molecule has 102 valence electrons. The minimum Gasteiger partial charge on any atom is -0.315 e. The fraction of sp³-hybridized carbons (Fsp3) is 0.625. The lowest BCUT2D eigenvalue weighted by Gasteiger charge is -2.06. The van der Waals surface area contributed by atoms with Gasteiger partial charge < -0.3 is 10.6 Å². The Morgan fingerprint density at radius 3 is 2.28 bits per heavy atom. The van der Waals surface area contributed by atoms with Gasteiger partial charge in [-0.1, -0.05) is 62.9 Å².